The molecule has 172 valence electrons. The number of carboxylic acids is 1. The van der Waals surface area contributed by atoms with Gasteiger partial charge in [0.05, 0.1) is 18.1 Å². The number of aliphatic carboxylic acids is 1. The number of fused-ring (bicyclic) bond motifs is 1. The molecule has 3 aromatic carbocycles. The standard InChI is InChI=1S/C15H10O2.C12H12O5/c16-15-12-8-4-5-9-14(12)17-10-13(15)11-6-2-1-3-7-11;1-7(13)9(12(15)16)5-8-3-4-10(14)11(6-8)17-2/h1-10H;3-6,14H,1-2H3,(H,15,16)/b;9-5+. The molecular weight excluding hydrogens is 436 g/mol. The van der Waals surface area contributed by atoms with Crippen LogP contribution in [-0.4, -0.2) is 29.1 Å². The van der Waals surface area contributed by atoms with Crippen LogP contribution in [0.15, 0.2) is 93.8 Å². The first kappa shape index (κ1) is 24.0. The number of hydrogen-bond donors (Lipinski definition) is 2. The maximum atomic E-state index is 12.3. The van der Waals surface area contributed by atoms with Crippen LogP contribution in [0.2, 0.25) is 0 Å². The average Bonchev–Trinajstić information content (AvgIpc) is 2.84. The molecule has 0 amide bonds. The number of carbonyl (C=O) groups excluding carboxylic acids is 1. The van der Waals surface area contributed by atoms with Gasteiger partial charge in [-0.15, -0.1) is 0 Å². The summed E-state index contributed by atoms with van der Waals surface area (Å²) >= 11 is 0. The predicted octanol–water partition coefficient (Wildman–Crippen LogP) is 4.92. The molecule has 0 unspecified atom stereocenters. The van der Waals surface area contributed by atoms with Crippen molar-refractivity contribution in [2.24, 2.45) is 0 Å². The lowest BCUT2D eigenvalue weighted by Gasteiger charge is -2.04. The maximum absolute atomic E-state index is 12.3. The van der Waals surface area contributed by atoms with Gasteiger partial charge in [-0.1, -0.05) is 48.5 Å². The van der Waals surface area contributed by atoms with Crippen molar-refractivity contribution in [2.75, 3.05) is 7.11 Å². The Bertz CT molecular complexity index is 1400. The zero-order valence-corrected chi connectivity index (χ0v) is 18.5. The van der Waals surface area contributed by atoms with Crippen LogP contribution in [0.1, 0.15) is 12.5 Å². The summed E-state index contributed by atoms with van der Waals surface area (Å²) in [6.45, 7) is 1.18. The molecule has 34 heavy (non-hydrogen) atoms. The number of benzene rings is 3. The summed E-state index contributed by atoms with van der Waals surface area (Å²) in [5.41, 5.74) is 2.26. The molecule has 7 nitrogen and oxygen atoms in total. The lowest BCUT2D eigenvalue weighted by Crippen LogP contribution is -2.08. The molecule has 0 bridgehead atoms. The zero-order chi connectivity index (χ0) is 24.7. The summed E-state index contributed by atoms with van der Waals surface area (Å²) in [4.78, 5) is 34.1. The summed E-state index contributed by atoms with van der Waals surface area (Å²) in [6.07, 6.45) is 2.76. The lowest BCUT2D eigenvalue weighted by atomic mass is 10.1. The van der Waals surface area contributed by atoms with Crippen molar-refractivity contribution in [1.82, 2.24) is 0 Å². The van der Waals surface area contributed by atoms with E-state index in [2.05, 4.69) is 0 Å². The molecule has 0 aliphatic heterocycles. The second-order valence-corrected chi connectivity index (χ2v) is 7.19. The zero-order valence-electron chi connectivity index (χ0n) is 18.5. The smallest absolute Gasteiger partial charge is 0.339 e. The van der Waals surface area contributed by atoms with Crippen molar-refractivity contribution >= 4 is 28.8 Å². The number of carbonyl (C=O) groups is 2. The third kappa shape index (κ3) is 5.58. The van der Waals surface area contributed by atoms with Gasteiger partial charge in [0.25, 0.3) is 0 Å². The molecule has 0 aliphatic carbocycles. The fourth-order valence-electron chi connectivity index (χ4n) is 3.16. The Balaban J connectivity index is 0.000000191. The van der Waals surface area contributed by atoms with Crippen LogP contribution in [0.3, 0.4) is 0 Å². The fourth-order valence-corrected chi connectivity index (χ4v) is 3.16. The topological polar surface area (TPSA) is 114 Å². The average molecular weight is 458 g/mol. The molecule has 7 heteroatoms. The van der Waals surface area contributed by atoms with Gasteiger partial charge in [0.15, 0.2) is 22.7 Å². The molecular formula is C27H22O7. The van der Waals surface area contributed by atoms with E-state index in [-0.39, 0.29) is 22.5 Å². The number of methoxy groups -OCH3 is 1. The minimum atomic E-state index is -1.29. The van der Waals surface area contributed by atoms with Crippen molar-refractivity contribution in [2.45, 2.75) is 6.92 Å². The van der Waals surface area contributed by atoms with Crippen LogP contribution in [0.4, 0.5) is 0 Å². The molecule has 0 fully saturated rings. The van der Waals surface area contributed by atoms with Gasteiger partial charge in [-0.05, 0) is 48.4 Å². The second-order valence-electron chi connectivity index (χ2n) is 7.19. The van der Waals surface area contributed by atoms with Gasteiger partial charge in [-0.2, -0.15) is 0 Å². The quantitative estimate of drug-likeness (QED) is 0.248. The number of rotatable bonds is 5. The van der Waals surface area contributed by atoms with Gasteiger partial charge in [-0.3, -0.25) is 9.59 Å². The number of para-hydroxylation sites is 1. The Morgan fingerprint density at radius 2 is 1.65 bits per heavy atom. The van der Waals surface area contributed by atoms with Crippen molar-refractivity contribution in [3.8, 4) is 22.6 Å². The first-order valence-corrected chi connectivity index (χ1v) is 10.2. The minimum Gasteiger partial charge on any atom is -0.504 e. The fraction of sp³-hybridized carbons (Fsp3) is 0.0741. The molecule has 0 radical (unpaired) electrons. The number of aromatic hydroxyl groups is 1. The summed E-state index contributed by atoms with van der Waals surface area (Å²) in [5.74, 6) is -1.66. The van der Waals surface area contributed by atoms with Gasteiger partial charge in [0, 0.05) is 0 Å². The Morgan fingerprint density at radius 1 is 0.971 bits per heavy atom. The molecule has 0 atom stereocenters. The number of phenolic OH excluding ortho intramolecular Hbond substituents is 1. The van der Waals surface area contributed by atoms with Crippen molar-refractivity contribution < 1.29 is 29.0 Å². The molecule has 4 rings (SSSR count). The highest BCUT2D eigenvalue weighted by molar-refractivity contribution is 6.19. The van der Waals surface area contributed by atoms with Crippen molar-refractivity contribution in [1.29, 1.82) is 0 Å². The molecule has 1 aromatic heterocycles. The van der Waals surface area contributed by atoms with E-state index >= 15 is 0 Å². The number of Topliss-reactive ketones (excluding diaryl/α,β-unsaturated/α-hetero) is 1. The monoisotopic (exact) mass is 458 g/mol. The molecule has 2 N–H and O–H groups in total. The minimum absolute atomic E-state index is 0.0121. The van der Waals surface area contributed by atoms with Gasteiger partial charge in [-0.25, -0.2) is 4.79 Å². The highest BCUT2D eigenvalue weighted by atomic mass is 16.5. The largest absolute Gasteiger partial charge is 0.504 e. The number of carboxylic acid groups (broad SMARTS) is 1. The molecule has 0 saturated carbocycles. The van der Waals surface area contributed by atoms with Crippen LogP contribution in [0.5, 0.6) is 11.5 Å². The summed E-state index contributed by atoms with van der Waals surface area (Å²) < 4.78 is 10.4. The van der Waals surface area contributed by atoms with Gasteiger partial charge >= 0.3 is 5.97 Å². The number of hydrogen-bond acceptors (Lipinski definition) is 6. The Hall–Kier alpha value is -4.65. The van der Waals surface area contributed by atoms with E-state index in [9.17, 15) is 19.5 Å². The lowest BCUT2D eigenvalue weighted by molar-refractivity contribution is -0.134. The van der Waals surface area contributed by atoms with Crippen molar-refractivity contribution in [3.63, 3.8) is 0 Å². The molecule has 4 aromatic rings. The van der Waals surface area contributed by atoms with Gasteiger partial charge in [0.1, 0.15) is 17.4 Å². The first-order chi connectivity index (χ1) is 16.3. The number of phenols is 1. The Kier molecular flexibility index (Phi) is 7.61. The predicted molar refractivity (Wildman–Crippen MR) is 129 cm³/mol. The molecule has 0 spiro atoms. The van der Waals surface area contributed by atoms with Crippen LogP contribution >= 0.6 is 0 Å². The van der Waals surface area contributed by atoms with E-state index in [1.165, 1.54) is 44.6 Å². The molecule has 0 saturated heterocycles. The van der Waals surface area contributed by atoms with E-state index in [0.717, 1.165) is 5.56 Å². The van der Waals surface area contributed by atoms with E-state index in [4.69, 9.17) is 14.3 Å². The normalized spacial score (nSPS) is 10.8. The summed E-state index contributed by atoms with van der Waals surface area (Å²) in [5, 5.41) is 18.8. The van der Waals surface area contributed by atoms with Gasteiger partial charge < -0.3 is 19.4 Å². The van der Waals surface area contributed by atoms with E-state index in [1.54, 1.807) is 12.1 Å². The Labute approximate surface area is 195 Å². The number of ether oxygens (including phenoxy) is 1. The SMILES string of the molecule is COc1cc(/C=C(\C(C)=O)C(=O)O)ccc1O.O=c1c(-c2ccccc2)coc2ccccc12. The van der Waals surface area contributed by atoms with E-state index < -0.39 is 11.8 Å². The highest BCUT2D eigenvalue weighted by Crippen LogP contribution is 2.27. The van der Waals surface area contributed by atoms with Crippen LogP contribution in [0, 0.1) is 0 Å². The van der Waals surface area contributed by atoms with Gasteiger partial charge in [0.2, 0.25) is 0 Å². The molecule has 0 aliphatic rings. The van der Waals surface area contributed by atoms with E-state index in [0.29, 0.717) is 22.1 Å². The maximum Gasteiger partial charge on any atom is 0.339 e. The van der Waals surface area contributed by atoms with Crippen LogP contribution in [0.25, 0.3) is 28.2 Å². The second kappa shape index (κ2) is 10.8. The van der Waals surface area contributed by atoms with Crippen molar-refractivity contribution in [3.05, 3.63) is 100 Å². The van der Waals surface area contributed by atoms with Crippen LogP contribution in [-0.2, 0) is 9.59 Å². The third-order valence-electron chi connectivity index (χ3n) is 4.89. The van der Waals surface area contributed by atoms with E-state index in [1.807, 2.05) is 42.5 Å². The summed E-state index contributed by atoms with van der Waals surface area (Å²) in [6, 6.07) is 21.1. The number of ketones is 1. The van der Waals surface area contributed by atoms with Crippen LogP contribution < -0.4 is 10.2 Å². The summed E-state index contributed by atoms with van der Waals surface area (Å²) in [7, 11) is 1.38. The highest BCUT2D eigenvalue weighted by Gasteiger charge is 2.13. The third-order valence-corrected chi connectivity index (χ3v) is 4.89. The Morgan fingerprint density at radius 3 is 2.29 bits per heavy atom. The first-order valence-electron chi connectivity index (χ1n) is 10.2. The molecule has 1 heterocycles.